The van der Waals surface area contributed by atoms with Crippen LogP contribution >= 0.6 is 11.3 Å². The van der Waals surface area contributed by atoms with Crippen molar-refractivity contribution in [3.05, 3.63) is 52.2 Å². The predicted molar refractivity (Wildman–Crippen MR) is 107 cm³/mol. The van der Waals surface area contributed by atoms with Gasteiger partial charge in [0.15, 0.2) is 5.43 Å². The number of nitrogens with one attached hydrogen (secondary N) is 2. The van der Waals surface area contributed by atoms with Gasteiger partial charge < -0.3 is 10.6 Å². The lowest BCUT2D eigenvalue weighted by atomic mass is 10.1. The van der Waals surface area contributed by atoms with Crippen molar-refractivity contribution < 1.29 is 0 Å². The maximum atomic E-state index is 13.0. The van der Waals surface area contributed by atoms with Gasteiger partial charge in [-0.25, -0.2) is 0 Å². The summed E-state index contributed by atoms with van der Waals surface area (Å²) in [5.41, 5.74) is 2.23. The zero-order chi connectivity index (χ0) is 16.9. The van der Waals surface area contributed by atoms with Gasteiger partial charge in [-0.2, -0.15) is 0 Å². The first-order valence-electron chi connectivity index (χ1n) is 8.62. The largest absolute Gasteiger partial charge is 0.383 e. The molecule has 126 valence electrons. The topological polar surface area (TPSA) is 41.1 Å². The van der Waals surface area contributed by atoms with Crippen molar-refractivity contribution >= 4 is 37.2 Å². The number of fused-ring (bicyclic) bond motifs is 2. The van der Waals surface area contributed by atoms with Crippen LogP contribution in [0.5, 0.6) is 0 Å². The first-order valence-corrected chi connectivity index (χ1v) is 9.43. The molecule has 2 N–H and O–H groups in total. The van der Waals surface area contributed by atoms with Crippen LogP contribution in [0.15, 0.2) is 41.2 Å². The van der Waals surface area contributed by atoms with Gasteiger partial charge in [0.1, 0.15) is 0 Å². The van der Waals surface area contributed by atoms with E-state index in [2.05, 4.69) is 30.5 Å². The van der Waals surface area contributed by atoms with E-state index in [-0.39, 0.29) is 5.43 Å². The molecule has 1 heterocycles. The summed E-state index contributed by atoms with van der Waals surface area (Å²) in [5, 5.41) is 8.50. The number of anilines is 1. The zero-order valence-corrected chi connectivity index (χ0v) is 15.1. The quantitative estimate of drug-likeness (QED) is 0.490. The molecule has 0 amide bonds. The van der Waals surface area contributed by atoms with Gasteiger partial charge in [-0.1, -0.05) is 31.5 Å². The van der Waals surface area contributed by atoms with E-state index >= 15 is 0 Å². The van der Waals surface area contributed by atoms with E-state index < -0.39 is 0 Å². The van der Waals surface area contributed by atoms with Crippen molar-refractivity contribution in [2.45, 2.75) is 26.7 Å². The standard InChI is InChI=1S/C20H24N2OS/c1-3-4-11-21-12-13-22-16-10-9-14(2)20-18(16)19(23)15-7-5-6-8-17(15)24-20/h5-10,21-22H,3-4,11-13H2,1-2H3. The zero-order valence-electron chi connectivity index (χ0n) is 14.3. The Hall–Kier alpha value is -1.91. The molecule has 1 aromatic heterocycles. The molecule has 0 saturated carbocycles. The van der Waals surface area contributed by atoms with Crippen LogP contribution in [-0.2, 0) is 0 Å². The van der Waals surface area contributed by atoms with Crippen molar-refractivity contribution in [1.29, 1.82) is 0 Å². The summed E-state index contributed by atoms with van der Waals surface area (Å²) < 4.78 is 2.14. The van der Waals surface area contributed by atoms with Crippen LogP contribution in [0.25, 0.3) is 20.2 Å². The molecule has 24 heavy (non-hydrogen) atoms. The van der Waals surface area contributed by atoms with Crippen molar-refractivity contribution in [3.63, 3.8) is 0 Å². The van der Waals surface area contributed by atoms with Crippen LogP contribution in [0.2, 0.25) is 0 Å². The van der Waals surface area contributed by atoms with Crippen LogP contribution in [0.3, 0.4) is 0 Å². The second-order valence-electron chi connectivity index (χ2n) is 6.09. The predicted octanol–water partition coefficient (Wildman–Crippen LogP) is 4.52. The summed E-state index contributed by atoms with van der Waals surface area (Å²) in [4.78, 5) is 13.0. The molecule has 0 fully saturated rings. The summed E-state index contributed by atoms with van der Waals surface area (Å²) >= 11 is 1.70. The minimum atomic E-state index is 0.129. The minimum Gasteiger partial charge on any atom is -0.383 e. The highest BCUT2D eigenvalue weighted by molar-refractivity contribution is 7.24. The molecule has 0 unspecified atom stereocenters. The Morgan fingerprint density at radius 3 is 2.71 bits per heavy atom. The average Bonchev–Trinajstić information content (AvgIpc) is 2.60. The summed E-state index contributed by atoms with van der Waals surface area (Å²) in [7, 11) is 0. The van der Waals surface area contributed by atoms with Gasteiger partial charge in [0.05, 0.1) is 5.39 Å². The van der Waals surface area contributed by atoms with Crippen molar-refractivity contribution in [2.75, 3.05) is 25.0 Å². The first kappa shape index (κ1) is 16.9. The summed E-state index contributed by atoms with van der Waals surface area (Å²) in [5.74, 6) is 0. The Morgan fingerprint density at radius 2 is 1.88 bits per heavy atom. The minimum absolute atomic E-state index is 0.129. The Morgan fingerprint density at radius 1 is 1.04 bits per heavy atom. The number of unbranched alkanes of at least 4 members (excludes halogenated alkanes) is 1. The lowest BCUT2D eigenvalue weighted by Gasteiger charge is -2.12. The second kappa shape index (κ2) is 7.77. The van der Waals surface area contributed by atoms with E-state index in [9.17, 15) is 4.79 Å². The molecular formula is C20H24N2OS. The highest BCUT2D eigenvalue weighted by Crippen LogP contribution is 2.31. The van der Waals surface area contributed by atoms with Crippen molar-refractivity contribution in [2.24, 2.45) is 0 Å². The lowest BCUT2D eigenvalue weighted by Crippen LogP contribution is -2.23. The molecule has 2 aromatic carbocycles. The normalized spacial score (nSPS) is 11.2. The summed E-state index contributed by atoms with van der Waals surface area (Å²) in [6, 6.07) is 12.0. The van der Waals surface area contributed by atoms with Gasteiger partial charge in [-0.3, -0.25) is 4.79 Å². The van der Waals surface area contributed by atoms with Crippen LogP contribution in [0.1, 0.15) is 25.3 Å². The average molecular weight is 340 g/mol. The molecule has 3 nitrogen and oxygen atoms in total. The number of hydrogen-bond acceptors (Lipinski definition) is 4. The number of rotatable bonds is 7. The van der Waals surface area contributed by atoms with Gasteiger partial charge in [0.2, 0.25) is 0 Å². The van der Waals surface area contributed by atoms with Gasteiger partial charge in [0, 0.05) is 33.6 Å². The highest BCUT2D eigenvalue weighted by Gasteiger charge is 2.11. The fourth-order valence-corrected chi connectivity index (χ4v) is 4.06. The fourth-order valence-electron chi connectivity index (χ4n) is 2.89. The molecule has 4 heteroatoms. The first-order chi connectivity index (χ1) is 11.7. The number of benzene rings is 2. The van der Waals surface area contributed by atoms with E-state index in [0.717, 1.165) is 51.1 Å². The Balaban J connectivity index is 1.92. The summed E-state index contributed by atoms with van der Waals surface area (Å²) in [6.45, 7) is 7.04. The van der Waals surface area contributed by atoms with E-state index in [1.54, 1.807) is 11.3 Å². The SMILES string of the molecule is CCCCNCCNc1ccc(C)c2sc3ccccc3c(=O)c12. The third-order valence-electron chi connectivity index (χ3n) is 4.25. The van der Waals surface area contributed by atoms with E-state index in [4.69, 9.17) is 0 Å². The molecule has 0 aliphatic heterocycles. The van der Waals surface area contributed by atoms with Gasteiger partial charge in [-0.15, -0.1) is 11.3 Å². The molecule has 3 rings (SSSR count). The highest BCUT2D eigenvalue weighted by atomic mass is 32.1. The molecule has 0 spiro atoms. The lowest BCUT2D eigenvalue weighted by molar-refractivity contribution is 0.652. The van der Waals surface area contributed by atoms with Crippen LogP contribution in [0, 0.1) is 6.92 Å². The molecule has 0 aliphatic rings. The van der Waals surface area contributed by atoms with Gasteiger partial charge in [0.25, 0.3) is 0 Å². The monoisotopic (exact) mass is 340 g/mol. The van der Waals surface area contributed by atoms with Crippen LogP contribution in [0.4, 0.5) is 5.69 Å². The fraction of sp³-hybridized carbons (Fsp3) is 0.350. The molecule has 0 bridgehead atoms. The molecule has 3 aromatic rings. The third kappa shape index (κ3) is 3.45. The molecule has 0 radical (unpaired) electrons. The van der Waals surface area contributed by atoms with E-state index in [1.165, 1.54) is 12.8 Å². The molecule has 0 atom stereocenters. The van der Waals surface area contributed by atoms with E-state index in [1.807, 2.05) is 30.3 Å². The Bertz CT molecular complexity index is 901. The Kier molecular flexibility index (Phi) is 5.48. The third-order valence-corrected chi connectivity index (χ3v) is 5.56. The van der Waals surface area contributed by atoms with Gasteiger partial charge in [-0.05, 0) is 43.7 Å². The van der Waals surface area contributed by atoms with Crippen LogP contribution in [-0.4, -0.2) is 19.6 Å². The van der Waals surface area contributed by atoms with E-state index in [0.29, 0.717) is 0 Å². The number of aryl methyl sites for hydroxylation is 1. The number of hydrogen-bond donors (Lipinski definition) is 2. The van der Waals surface area contributed by atoms with Crippen LogP contribution < -0.4 is 16.1 Å². The van der Waals surface area contributed by atoms with Crippen molar-refractivity contribution in [3.8, 4) is 0 Å². The smallest absolute Gasteiger partial charge is 0.197 e. The molecular weight excluding hydrogens is 316 g/mol. The summed E-state index contributed by atoms with van der Waals surface area (Å²) in [6.07, 6.45) is 2.41. The van der Waals surface area contributed by atoms with Crippen molar-refractivity contribution in [1.82, 2.24) is 5.32 Å². The molecule has 0 aliphatic carbocycles. The molecule has 0 saturated heterocycles. The second-order valence-corrected chi connectivity index (χ2v) is 7.14. The van der Waals surface area contributed by atoms with Gasteiger partial charge >= 0.3 is 0 Å². The maximum absolute atomic E-state index is 13.0. The maximum Gasteiger partial charge on any atom is 0.197 e. The Labute approximate surface area is 146 Å².